The summed E-state index contributed by atoms with van der Waals surface area (Å²) in [6.45, 7) is 1.12. The van der Waals surface area contributed by atoms with Crippen LogP contribution in [-0.2, 0) is 0 Å². The summed E-state index contributed by atoms with van der Waals surface area (Å²) in [5.41, 5.74) is 8.28. The van der Waals surface area contributed by atoms with Crippen molar-refractivity contribution >= 4 is 50.1 Å². The molecule has 21 heavy (non-hydrogen) atoms. The van der Waals surface area contributed by atoms with Crippen molar-refractivity contribution in [1.29, 1.82) is 0 Å². The van der Waals surface area contributed by atoms with Gasteiger partial charge in [-0.05, 0) is 58.0 Å². The molecule has 3 nitrogen and oxygen atoms in total. The van der Waals surface area contributed by atoms with Crippen molar-refractivity contribution in [3.8, 4) is 11.5 Å². The largest absolute Gasteiger partial charge is 0.486 e. The molecule has 2 N–H and O–H groups in total. The third-order valence-electron chi connectivity index (χ3n) is 3.30. The lowest BCUT2D eigenvalue weighted by Gasteiger charge is -2.22. The van der Waals surface area contributed by atoms with Crippen molar-refractivity contribution in [3.05, 3.63) is 54.5 Å². The first-order chi connectivity index (χ1) is 10.1. The molecule has 1 unspecified atom stereocenters. The number of fused-ring (bicyclic) bond motifs is 1. The molecule has 0 aromatic heterocycles. The van der Waals surface area contributed by atoms with E-state index >= 15 is 0 Å². The first kappa shape index (κ1) is 15.4. The Kier molecular flexibility index (Phi) is 4.63. The number of halogens is 3. The van der Waals surface area contributed by atoms with Gasteiger partial charge in [0.05, 0.1) is 11.1 Å². The number of hydrogen-bond acceptors (Lipinski definition) is 3. The van der Waals surface area contributed by atoms with E-state index in [4.69, 9.17) is 26.8 Å². The second-order valence-corrected chi connectivity index (χ2v) is 7.09. The van der Waals surface area contributed by atoms with Gasteiger partial charge < -0.3 is 15.2 Å². The van der Waals surface area contributed by atoms with Crippen LogP contribution >= 0.6 is 50.1 Å². The van der Waals surface area contributed by atoms with E-state index in [1.807, 2.05) is 30.3 Å². The van der Waals surface area contributed by atoms with E-state index in [0.717, 1.165) is 30.7 Å². The van der Waals surface area contributed by atoms with Crippen LogP contribution in [0.3, 0.4) is 0 Å². The van der Waals surface area contributed by atoms with Crippen LogP contribution in [-0.4, -0.2) is 13.2 Å². The van der Waals surface area contributed by atoms with Gasteiger partial charge >= 0.3 is 0 Å². The van der Waals surface area contributed by atoms with Crippen molar-refractivity contribution in [2.75, 3.05) is 13.2 Å². The Morgan fingerprint density at radius 3 is 2.48 bits per heavy atom. The highest BCUT2D eigenvalue weighted by molar-refractivity contribution is 14.1. The third kappa shape index (κ3) is 3.16. The zero-order valence-electron chi connectivity index (χ0n) is 10.9. The molecule has 1 atom stereocenters. The van der Waals surface area contributed by atoms with Crippen molar-refractivity contribution < 1.29 is 9.47 Å². The number of hydrogen-bond donors (Lipinski definition) is 1. The fourth-order valence-electron chi connectivity index (χ4n) is 2.20. The van der Waals surface area contributed by atoms with Crippen molar-refractivity contribution in [3.63, 3.8) is 0 Å². The van der Waals surface area contributed by atoms with Crippen LogP contribution in [0, 0.1) is 3.57 Å². The highest BCUT2D eigenvalue weighted by Crippen LogP contribution is 2.39. The molecule has 1 heterocycles. The van der Waals surface area contributed by atoms with Crippen molar-refractivity contribution in [2.24, 2.45) is 5.73 Å². The smallest absolute Gasteiger partial charge is 0.162 e. The molecule has 3 rings (SSSR count). The Balaban J connectivity index is 2.00. The standard InChI is InChI=1S/C15H12BrClINO2/c16-10-7-14-13(20-3-4-21-14)6-9(10)15(19)8-1-2-12(18)11(17)5-8/h1-2,5-7,15H,3-4,19H2. The van der Waals surface area contributed by atoms with Gasteiger partial charge in [0.2, 0.25) is 0 Å². The van der Waals surface area contributed by atoms with E-state index < -0.39 is 0 Å². The number of benzene rings is 2. The molecule has 0 saturated heterocycles. The Hall–Kier alpha value is -0.500. The third-order valence-corrected chi connectivity index (χ3v) is 5.56. The molecule has 0 amide bonds. The first-order valence-electron chi connectivity index (χ1n) is 6.36. The summed E-state index contributed by atoms with van der Waals surface area (Å²) in [6, 6.07) is 9.39. The minimum atomic E-state index is -0.287. The summed E-state index contributed by atoms with van der Waals surface area (Å²) in [5, 5.41) is 0.706. The number of nitrogens with two attached hydrogens (primary N) is 1. The molecular formula is C15H12BrClINO2. The van der Waals surface area contributed by atoms with Crippen molar-refractivity contribution in [2.45, 2.75) is 6.04 Å². The molecule has 0 fully saturated rings. The highest BCUT2D eigenvalue weighted by atomic mass is 127. The molecular weight excluding hydrogens is 468 g/mol. The maximum atomic E-state index is 6.38. The van der Waals surface area contributed by atoms with E-state index in [2.05, 4.69) is 38.5 Å². The van der Waals surface area contributed by atoms with Gasteiger partial charge in [0.1, 0.15) is 13.2 Å². The molecule has 110 valence electrons. The minimum absolute atomic E-state index is 0.287. The van der Waals surface area contributed by atoms with Crippen LogP contribution in [0.15, 0.2) is 34.8 Å². The molecule has 1 aliphatic rings. The Morgan fingerprint density at radius 1 is 1.14 bits per heavy atom. The summed E-state index contributed by atoms with van der Waals surface area (Å²) in [5.74, 6) is 1.47. The molecule has 0 aliphatic carbocycles. The zero-order chi connectivity index (χ0) is 15.0. The van der Waals surface area contributed by atoms with Crippen LogP contribution < -0.4 is 15.2 Å². The SMILES string of the molecule is NC(c1ccc(I)c(Cl)c1)c1cc2c(cc1Br)OCCO2. The van der Waals surface area contributed by atoms with Gasteiger partial charge in [0.25, 0.3) is 0 Å². The quantitative estimate of drug-likeness (QED) is 0.643. The first-order valence-corrected chi connectivity index (χ1v) is 8.61. The van der Waals surface area contributed by atoms with E-state index in [9.17, 15) is 0 Å². The lowest BCUT2D eigenvalue weighted by molar-refractivity contribution is 0.171. The van der Waals surface area contributed by atoms with Crippen LogP contribution in [0.25, 0.3) is 0 Å². The Bertz CT molecular complexity index is 696. The summed E-state index contributed by atoms with van der Waals surface area (Å²) >= 11 is 11.9. The maximum Gasteiger partial charge on any atom is 0.162 e. The predicted octanol–water partition coefficient (Wildman–Crippen LogP) is 4.53. The second kappa shape index (κ2) is 6.32. The molecule has 0 radical (unpaired) electrons. The monoisotopic (exact) mass is 479 g/mol. The molecule has 2 aromatic rings. The molecule has 0 saturated carbocycles. The van der Waals surface area contributed by atoms with Crippen molar-refractivity contribution in [1.82, 2.24) is 0 Å². The fourth-order valence-corrected chi connectivity index (χ4v) is 3.30. The van der Waals surface area contributed by atoms with Gasteiger partial charge in [0.15, 0.2) is 11.5 Å². The Morgan fingerprint density at radius 2 is 1.81 bits per heavy atom. The van der Waals surface area contributed by atoms with E-state index in [1.165, 1.54) is 0 Å². The fraction of sp³-hybridized carbons (Fsp3) is 0.200. The summed E-state index contributed by atoms with van der Waals surface area (Å²) in [6.07, 6.45) is 0. The summed E-state index contributed by atoms with van der Waals surface area (Å²) in [7, 11) is 0. The average Bonchev–Trinajstić information content (AvgIpc) is 2.48. The van der Waals surface area contributed by atoms with Gasteiger partial charge in [-0.2, -0.15) is 0 Å². The normalized spacial score (nSPS) is 14.9. The second-order valence-electron chi connectivity index (χ2n) is 4.67. The van der Waals surface area contributed by atoms with Crippen LogP contribution in [0.1, 0.15) is 17.2 Å². The zero-order valence-corrected chi connectivity index (χ0v) is 15.4. The van der Waals surface area contributed by atoms with Gasteiger partial charge in [-0.1, -0.05) is 33.6 Å². The van der Waals surface area contributed by atoms with E-state index in [-0.39, 0.29) is 6.04 Å². The predicted molar refractivity (Wildman–Crippen MR) is 95.3 cm³/mol. The lowest BCUT2D eigenvalue weighted by atomic mass is 9.99. The summed E-state index contributed by atoms with van der Waals surface area (Å²) in [4.78, 5) is 0. The van der Waals surface area contributed by atoms with E-state index in [0.29, 0.717) is 18.2 Å². The molecule has 2 aromatic carbocycles. The van der Waals surface area contributed by atoms with Crippen LogP contribution in [0.5, 0.6) is 11.5 Å². The van der Waals surface area contributed by atoms with Gasteiger partial charge in [-0.15, -0.1) is 0 Å². The van der Waals surface area contributed by atoms with Crippen LogP contribution in [0.2, 0.25) is 5.02 Å². The molecule has 1 aliphatic heterocycles. The number of ether oxygens (including phenoxy) is 2. The topological polar surface area (TPSA) is 44.5 Å². The van der Waals surface area contributed by atoms with Gasteiger partial charge in [0, 0.05) is 8.04 Å². The Labute approximate surface area is 150 Å². The number of rotatable bonds is 2. The van der Waals surface area contributed by atoms with Gasteiger partial charge in [-0.25, -0.2) is 0 Å². The molecule has 0 bridgehead atoms. The molecule has 0 spiro atoms. The lowest BCUT2D eigenvalue weighted by Crippen LogP contribution is -2.17. The maximum absolute atomic E-state index is 6.38. The average molecular weight is 481 g/mol. The molecule has 6 heteroatoms. The van der Waals surface area contributed by atoms with Crippen LogP contribution in [0.4, 0.5) is 0 Å². The summed E-state index contributed by atoms with van der Waals surface area (Å²) < 4.78 is 13.1. The van der Waals surface area contributed by atoms with Gasteiger partial charge in [-0.3, -0.25) is 0 Å². The minimum Gasteiger partial charge on any atom is -0.486 e. The highest BCUT2D eigenvalue weighted by Gasteiger charge is 2.19. The van der Waals surface area contributed by atoms with E-state index in [1.54, 1.807) is 0 Å².